The second-order valence-electron chi connectivity index (χ2n) is 4.71. The zero-order valence-corrected chi connectivity index (χ0v) is 11.9. The quantitative estimate of drug-likeness (QED) is 0.660. The summed E-state index contributed by atoms with van der Waals surface area (Å²) < 4.78 is 0. The molecule has 0 aliphatic heterocycles. The van der Waals surface area contributed by atoms with Crippen molar-refractivity contribution in [1.82, 2.24) is 0 Å². The summed E-state index contributed by atoms with van der Waals surface area (Å²) in [6, 6.07) is 17.3. The molecule has 2 aromatic rings. The molecule has 0 N–H and O–H groups in total. The van der Waals surface area contributed by atoms with E-state index in [0.717, 1.165) is 0 Å². The number of rotatable bonds is 2. The highest BCUT2D eigenvalue weighted by molar-refractivity contribution is 9.09. The van der Waals surface area contributed by atoms with Gasteiger partial charge in [0.05, 0.1) is 0 Å². The first-order valence-electron chi connectivity index (χ1n) is 6.27. The van der Waals surface area contributed by atoms with E-state index < -0.39 is 0 Å². The molecule has 18 heavy (non-hydrogen) atoms. The van der Waals surface area contributed by atoms with E-state index in [0.29, 0.717) is 10.7 Å². The summed E-state index contributed by atoms with van der Waals surface area (Å²) in [6.45, 7) is 2.18. The van der Waals surface area contributed by atoms with Gasteiger partial charge in [-0.05, 0) is 29.2 Å². The van der Waals surface area contributed by atoms with Crippen LogP contribution in [-0.4, -0.2) is 0 Å². The molecule has 0 nitrogen and oxygen atoms in total. The summed E-state index contributed by atoms with van der Waals surface area (Å²) in [5.74, 6) is 0.400. The fourth-order valence-corrected chi connectivity index (χ4v) is 3.09. The molecular formula is C17H15Br. The van der Waals surface area contributed by atoms with Crippen LogP contribution < -0.4 is 0 Å². The van der Waals surface area contributed by atoms with Crippen molar-refractivity contribution in [2.75, 3.05) is 0 Å². The predicted octanol–water partition coefficient (Wildman–Crippen LogP) is 5.30. The SMILES string of the molecule is CC(Br)c1ccccc1C1C=Cc2ccccc21. The molecular weight excluding hydrogens is 284 g/mol. The second-order valence-corrected chi connectivity index (χ2v) is 6.08. The highest BCUT2D eigenvalue weighted by Crippen LogP contribution is 2.39. The smallest absolute Gasteiger partial charge is 0.0370 e. The third-order valence-corrected chi connectivity index (χ3v) is 4.05. The maximum absolute atomic E-state index is 3.70. The van der Waals surface area contributed by atoms with Crippen molar-refractivity contribution in [1.29, 1.82) is 0 Å². The molecule has 2 aromatic carbocycles. The van der Waals surface area contributed by atoms with Crippen LogP contribution in [0.4, 0.5) is 0 Å². The molecule has 0 aromatic heterocycles. The number of alkyl halides is 1. The van der Waals surface area contributed by atoms with Crippen molar-refractivity contribution in [3.63, 3.8) is 0 Å². The molecule has 0 spiro atoms. The van der Waals surface area contributed by atoms with Gasteiger partial charge in [0.15, 0.2) is 0 Å². The average molecular weight is 299 g/mol. The first-order chi connectivity index (χ1) is 8.77. The summed E-state index contributed by atoms with van der Waals surface area (Å²) in [7, 11) is 0. The Hall–Kier alpha value is -1.34. The van der Waals surface area contributed by atoms with Crippen LogP contribution in [0, 0.1) is 0 Å². The molecule has 0 heterocycles. The van der Waals surface area contributed by atoms with Crippen molar-refractivity contribution >= 4 is 22.0 Å². The molecule has 2 unspecified atom stereocenters. The van der Waals surface area contributed by atoms with Crippen molar-refractivity contribution in [2.24, 2.45) is 0 Å². The molecule has 1 aliphatic rings. The Kier molecular flexibility index (Phi) is 3.09. The summed E-state index contributed by atoms with van der Waals surface area (Å²) in [5.41, 5.74) is 5.55. The zero-order valence-electron chi connectivity index (χ0n) is 10.3. The van der Waals surface area contributed by atoms with Gasteiger partial charge in [-0.3, -0.25) is 0 Å². The van der Waals surface area contributed by atoms with Gasteiger partial charge in [-0.25, -0.2) is 0 Å². The third-order valence-electron chi connectivity index (χ3n) is 3.56. The van der Waals surface area contributed by atoms with E-state index in [9.17, 15) is 0 Å². The lowest BCUT2D eigenvalue weighted by Crippen LogP contribution is -2.01. The highest BCUT2D eigenvalue weighted by atomic mass is 79.9. The Balaban J connectivity index is 2.11. The first kappa shape index (κ1) is 11.7. The van der Waals surface area contributed by atoms with Gasteiger partial charge in [-0.2, -0.15) is 0 Å². The van der Waals surface area contributed by atoms with Gasteiger partial charge in [-0.15, -0.1) is 0 Å². The van der Waals surface area contributed by atoms with Crippen molar-refractivity contribution < 1.29 is 0 Å². The van der Waals surface area contributed by atoms with Crippen LogP contribution in [0.15, 0.2) is 54.6 Å². The fraction of sp³-hybridized carbons (Fsp3) is 0.176. The van der Waals surface area contributed by atoms with E-state index in [1.54, 1.807) is 0 Å². The second kappa shape index (κ2) is 4.74. The molecule has 0 saturated heterocycles. The van der Waals surface area contributed by atoms with Gasteiger partial charge in [0.2, 0.25) is 0 Å². The first-order valence-corrected chi connectivity index (χ1v) is 7.19. The van der Waals surface area contributed by atoms with Crippen molar-refractivity contribution in [3.8, 4) is 0 Å². The van der Waals surface area contributed by atoms with Gasteiger partial charge < -0.3 is 0 Å². The van der Waals surface area contributed by atoms with Gasteiger partial charge >= 0.3 is 0 Å². The van der Waals surface area contributed by atoms with Crippen LogP contribution in [0.5, 0.6) is 0 Å². The normalized spacial score (nSPS) is 18.7. The van der Waals surface area contributed by atoms with Crippen LogP contribution in [-0.2, 0) is 0 Å². The Morgan fingerprint density at radius 2 is 1.61 bits per heavy atom. The van der Waals surface area contributed by atoms with Gasteiger partial charge in [-0.1, -0.05) is 76.6 Å². The van der Waals surface area contributed by atoms with Crippen molar-refractivity contribution in [2.45, 2.75) is 17.7 Å². The molecule has 1 aliphatic carbocycles. The van der Waals surface area contributed by atoms with E-state index in [4.69, 9.17) is 0 Å². The summed E-state index contributed by atoms with van der Waals surface area (Å²) >= 11 is 3.70. The number of benzene rings is 2. The number of hydrogen-bond donors (Lipinski definition) is 0. The van der Waals surface area contributed by atoms with E-state index >= 15 is 0 Å². The summed E-state index contributed by atoms with van der Waals surface area (Å²) in [5, 5.41) is 0. The average Bonchev–Trinajstić information content (AvgIpc) is 2.82. The minimum Gasteiger partial charge on any atom is -0.0842 e. The zero-order chi connectivity index (χ0) is 12.5. The third kappa shape index (κ3) is 1.93. The minimum absolute atomic E-state index is 0.384. The topological polar surface area (TPSA) is 0 Å². The molecule has 0 saturated carbocycles. The maximum atomic E-state index is 3.70. The van der Waals surface area contributed by atoms with Gasteiger partial charge in [0, 0.05) is 10.7 Å². The standard InChI is InChI=1S/C17H15Br/c1-12(18)14-7-4-5-9-16(14)17-11-10-13-6-2-3-8-15(13)17/h2-12,17H,1H3. The van der Waals surface area contributed by atoms with Crippen LogP contribution >= 0.6 is 15.9 Å². The van der Waals surface area contributed by atoms with Crippen molar-refractivity contribution in [3.05, 3.63) is 76.9 Å². The Labute approximate surface area is 116 Å². The molecule has 1 heteroatoms. The van der Waals surface area contributed by atoms with E-state index in [1.165, 1.54) is 22.3 Å². The molecule has 0 radical (unpaired) electrons. The van der Waals surface area contributed by atoms with E-state index in [2.05, 4.69) is 83.5 Å². The predicted molar refractivity (Wildman–Crippen MR) is 81.1 cm³/mol. The minimum atomic E-state index is 0.384. The van der Waals surface area contributed by atoms with Gasteiger partial charge in [0.25, 0.3) is 0 Å². The summed E-state index contributed by atoms with van der Waals surface area (Å²) in [6.07, 6.45) is 4.54. The summed E-state index contributed by atoms with van der Waals surface area (Å²) in [4.78, 5) is 0.384. The van der Waals surface area contributed by atoms with Gasteiger partial charge in [0.1, 0.15) is 0 Å². The Bertz CT molecular complexity index is 596. The Morgan fingerprint density at radius 1 is 0.944 bits per heavy atom. The monoisotopic (exact) mass is 298 g/mol. The number of allylic oxidation sites excluding steroid dienone is 1. The molecule has 3 rings (SSSR count). The van der Waals surface area contributed by atoms with Crippen LogP contribution in [0.3, 0.4) is 0 Å². The molecule has 0 amide bonds. The van der Waals surface area contributed by atoms with E-state index in [1.807, 2.05) is 0 Å². The lowest BCUT2D eigenvalue weighted by atomic mass is 9.89. The van der Waals surface area contributed by atoms with Crippen LogP contribution in [0.1, 0.15) is 39.9 Å². The lowest BCUT2D eigenvalue weighted by molar-refractivity contribution is 0.983. The van der Waals surface area contributed by atoms with Crippen LogP contribution in [0.25, 0.3) is 6.08 Å². The number of hydrogen-bond acceptors (Lipinski definition) is 0. The molecule has 0 fully saturated rings. The van der Waals surface area contributed by atoms with Crippen LogP contribution in [0.2, 0.25) is 0 Å². The molecule has 90 valence electrons. The highest BCUT2D eigenvalue weighted by Gasteiger charge is 2.21. The largest absolute Gasteiger partial charge is 0.0842 e. The fourth-order valence-electron chi connectivity index (χ4n) is 2.68. The molecule has 0 bridgehead atoms. The number of fused-ring (bicyclic) bond motifs is 1. The number of halogens is 1. The Morgan fingerprint density at radius 3 is 2.39 bits per heavy atom. The lowest BCUT2D eigenvalue weighted by Gasteiger charge is -2.17. The van der Waals surface area contributed by atoms with E-state index in [-0.39, 0.29) is 0 Å². The maximum Gasteiger partial charge on any atom is 0.0370 e. The molecule has 2 atom stereocenters.